The molecule has 1 atom stereocenters. The van der Waals surface area contributed by atoms with Crippen molar-refractivity contribution in [2.45, 2.75) is 72.4 Å². The van der Waals surface area contributed by atoms with Crippen LogP contribution in [-0.4, -0.2) is 7.28 Å². The largest absolute Gasteiger partial charge is 0.113 e. The Hall–Kier alpha value is 0.0649. The molecule has 1 heterocycles. The molecule has 0 spiro atoms. The fourth-order valence-corrected chi connectivity index (χ4v) is 3.27. The van der Waals surface area contributed by atoms with E-state index in [9.17, 15) is 0 Å². The summed E-state index contributed by atoms with van der Waals surface area (Å²) >= 11 is 0. The van der Waals surface area contributed by atoms with E-state index in [1.54, 1.807) is 0 Å². The fraction of sp³-hybridized carbons (Fsp3) is 1.00. The molecule has 0 aliphatic carbocycles. The van der Waals surface area contributed by atoms with Crippen LogP contribution < -0.4 is 0 Å². The highest BCUT2D eigenvalue weighted by Crippen LogP contribution is 2.44. The molecule has 0 nitrogen and oxygen atoms in total. The molecule has 1 fully saturated rings. The van der Waals surface area contributed by atoms with Crippen LogP contribution in [-0.2, 0) is 0 Å². The molecule has 0 aromatic carbocycles. The van der Waals surface area contributed by atoms with Crippen molar-refractivity contribution < 1.29 is 0 Å². The molecule has 14 heavy (non-hydrogen) atoms. The predicted molar refractivity (Wildman–Crippen MR) is 66.0 cm³/mol. The van der Waals surface area contributed by atoms with Crippen molar-refractivity contribution in [3.8, 4) is 0 Å². The molecular weight excluding hydrogens is 167 g/mol. The second-order valence-corrected chi connectivity index (χ2v) is 6.65. The van der Waals surface area contributed by atoms with Crippen LogP contribution in [0.15, 0.2) is 0 Å². The SMILES string of the molecule is CCC1[B]CCC(C)(C)CC(C)(C)C1. The Morgan fingerprint density at radius 3 is 2.36 bits per heavy atom. The van der Waals surface area contributed by atoms with Crippen LogP contribution in [0.4, 0.5) is 0 Å². The first-order chi connectivity index (χ1) is 6.35. The maximum absolute atomic E-state index is 2.57. The third-order valence-corrected chi connectivity index (χ3v) is 3.62. The van der Waals surface area contributed by atoms with E-state index in [2.05, 4.69) is 41.9 Å². The Morgan fingerprint density at radius 1 is 1.14 bits per heavy atom. The molecule has 0 N–H and O–H groups in total. The van der Waals surface area contributed by atoms with Crippen molar-refractivity contribution in [1.29, 1.82) is 0 Å². The van der Waals surface area contributed by atoms with Gasteiger partial charge in [0.05, 0.1) is 0 Å². The lowest BCUT2D eigenvalue weighted by Gasteiger charge is -2.40. The first-order valence-electron chi connectivity index (χ1n) is 6.18. The third kappa shape index (κ3) is 3.67. The Labute approximate surface area is 91.1 Å². The maximum Gasteiger partial charge on any atom is 0.113 e. The highest BCUT2D eigenvalue weighted by molar-refractivity contribution is 6.37. The number of rotatable bonds is 1. The monoisotopic (exact) mass is 193 g/mol. The summed E-state index contributed by atoms with van der Waals surface area (Å²) in [6.07, 6.45) is 6.77. The molecule has 0 bridgehead atoms. The highest BCUT2D eigenvalue weighted by atomic mass is 14.3. The zero-order valence-corrected chi connectivity index (χ0v) is 10.7. The van der Waals surface area contributed by atoms with Crippen LogP contribution in [0.5, 0.6) is 0 Å². The van der Waals surface area contributed by atoms with Crippen LogP contribution in [0, 0.1) is 10.8 Å². The molecule has 0 amide bonds. The molecular formula is C13H26B. The summed E-state index contributed by atoms with van der Waals surface area (Å²) < 4.78 is 0. The Bertz CT molecular complexity index is 182. The molecule has 0 saturated carbocycles. The van der Waals surface area contributed by atoms with Gasteiger partial charge in [0.25, 0.3) is 0 Å². The van der Waals surface area contributed by atoms with E-state index in [-0.39, 0.29) is 0 Å². The molecule has 1 unspecified atom stereocenters. The number of hydrogen-bond acceptors (Lipinski definition) is 0. The van der Waals surface area contributed by atoms with Gasteiger partial charge in [0.1, 0.15) is 7.28 Å². The van der Waals surface area contributed by atoms with Gasteiger partial charge in [-0.2, -0.15) is 0 Å². The first-order valence-corrected chi connectivity index (χ1v) is 6.18. The van der Waals surface area contributed by atoms with E-state index in [0.717, 1.165) is 5.82 Å². The van der Waals surface area contributed by atoms with E-state index in [1.807, 2.05) is 0 Å². The average Bonchev–Trinajstić information content (AvgIpc) is 1.97. The van der Waals surface area contributed by atoms with E-state index in [1.165, 1.54) is 32.0 Å². The maximum atomic E-state index is 2.57. The van der Waals surface area contributed by atoms with Crippen molar-refractivity contribution in [1.82, 2.24) is 0 Å². The minimum atomic E-state index is 0.529. The summed E-state index contributed by atoms with van der Waals surface area (Å²) in [6, 6.07) is 0. The minimum Gasteiger partial charge on any atom is -0.0795 e. The van der Waals surface area contributed by atoms with E-state index in [4.69, 9.17) is 0 Å². The standard InChI is InChI=1S/C13H26B/c1-6-11-9-13(4,5)10-12(2,3)7-8-14-11/h11H,6-10H2,1-5H3. The fourth-order valence-electron chi connectivity index (χ4n) is 3.27. The van der Waals surface area contributed by atoms with Gasteiger partial charge in [0, 0.05) is 0 Å². The summed E-state index contributed by atoms with van der Waals surface area (Å²) in [5.74, 6) is 0.862. The Kier molecular flexibility index (Phi) is 3.72. The summed E-state index contributed by atoms with van der Waals surface area (Å²) in [5, 5.41) is 0. The molecule has 81 valence electrons. The summed E-state index contributed by atoms with van der Waals surface area (Å²) in [4.78, 5) is 0. The van der Waals surface area contributed by atoms with Crippen molar-refractivity contribution in [2.75, 3.05) is 0 Å². The van der Waals surface area contributed by atoms with Gasteiger partial charge in [-0.1, -0.05) is 66.0 Å². The molecule has 1 aliphatic heterocycles. The second-order valence-electron chi connectivity index (χ2n) is 6.65. The first kappa shape index (κ1) is 12.1. The smallest absolute Gasteiger partial charge is 0.0795 e. The normalized spacial score (nSPS) is 31.4. The van der Waals surface area contributed by atoms with Crippen LogP contribution in [0.25, 0.3) is 0 Å². The molecule has 1 heteroatoms. The quantitative estimate of drug-likeness (QED) is 0.536. The lowest BCUT2D eigenvalue weighted by atomic mass is 9.51. The van der Waals surface area contributed by atoms with Gasteiger partial charge in [-0.25, -0.2) is 0 Å². The van der Waals surface area contributed by atoms with Gasteiger partial charge in [-0.15, -0.1) is 0 Å². The van der Waals surface area contributed by atoms with E-state index in [0.29, 0.717) is 10.8 Å². The zero-order chi connectivity index (χ0) is 10.8. The van der Waals surface area contributed by atoms with Gasteiger partial charge in [0.15, 0.2) is 0 Å². The van der Waals surface area contributed by atoms with Crippen LogP contribution in [0.1, 0.15) is 60.3 Å². The lowest BCUT2D eigenvalue weighted by molar-refractivity contribution is 0.168. The van der Waals surface area contributed by atoms with E-state index < -0.39 is 0 Å². The summed E-state index contributed by atoms with van der Waals surface area (Å²) in [7, 11) is 2.57. The molecule has 0 aromatic heterocycles. The molecule has 1 radical (unpaired) electrons. The average molecular weight is 193 g/mol. The van der Waals surface area contributed by atoms with Gasteiger partial charge >= 0.3 is 0 Å². The van der Waals surface area contributed by atoms with Crippen molar-refractivity contribution in [3.05, 3.63) is 0 Å². The van der Waals surface area contributed by atoms with Crippen molar-refractivity contribution >= 4 is 7.28 Å². The number of hydrogen-bond donors (Lipinski definition) is 0. The van der Waals surface area contributed by atoms with Gasteiger partial charge < -0.3 is 0 Å². The topological polar surface area (TPSA) is 0 Å². The van der Waals surface area contributed by atoms with E-state index >= 15 is 0 Å². The summed E-state index contributed by atoms with van der Waals surface area (Å²) in [6.45, 7) is 12.1. The van der Waals surface area contributed by atoms with Gasteiger partial charge in [0.2, 0.25) is 0 Å². The molecule has 1 saturated heterocycles. The predicted octanol–water partition coefficient (Wildman–Crippen LogP) is 4.54. The zero-order valence-electron chi connectivity index (χ0n) is 10.7. The molecule has 1 aliphatic rings. The highest BCUT2D eigenvalue weighted by Gasteiger charge is 2.32. The van der Waals surface area contributed by atoms with Crippen molar-refractivity contribution in [2.24, 2.45) is 10.8 Å². The second kappa shape index (κ2) is 4.29. The minimum absolute atomic E-state index is 0.529. The van der Waals surface area contributed by atoms with Gasteiger partial charge in [-0.3, -0.25) is 0 Å². The molecule has 0 aromatic rings. The lowest BCUT2D eigenvalue weighted by Crippen LogP contribution is -2.28. The van der Waals surface area contributed by atoms with Gasteiger partial charge in [-0.05, 0) is 17.3 Å². The van der Waals surface area contributed by atoms with Crippen LogP contribution in [0.3, 0.4) is 0 Å². The Balaban J connectivity index is 2.65. The summed E-state index contributed by atoms with van der Waals surface area (Å²) in [5.41, 5.74) is 1.07. The Morgan fingerprint density at radius 2 is 1.79 bits per heavy atom. The van der Waals surface area contributed by atoms with Crippen LogP contribution >= 0.6 is 0 Å². The van der Waals surface area contributed by atoms with Crippen molar-refractivity contribution in [3.63, 3.8) is 0 Å². The van der Waals surface area contributed by atoms with Crippen LogP contribution in [0.2, 0.25) is 12.1 Å². The molecule has 1 rings (SSSR count). The third-order valence-electron chi connectivity index (χ3n) is 3.62.